The van der Waals surface area contributed by atoms with Gasteiger partial charge in [-0.1, -0.05) is 0 Å². The van der Waals surface area contributed by atoms with E-state index in [1.807, 2.05) is 0 Å². The van der Waals surface area contributed by atoms with E-state index in [-0.39, 0.29) is 23.2 Å². The molecule has 4 rings (SSSR count). The van der Waals surface area contributed by atoms with Crippen LogP contribution in [0.1, 0.15) is 49.5 Å². The van der Waals surface area contributed by atoms with Crippen molar-refractivity contribution in [1.82, 2.24) is 14.8 Å². The van der Waals surface area contributed by atoms with E-state index in [1.165, 1.54) is 23.1 Å². The lowest BCUT2D eigenvalue weighted by Crippen LogP contribution is -2.40. The Morgan fingerprint density at radius 3 is 2.50 bits per heavy atom. The number of benzene rings is 1. The Labute approximate surface area is 160 Å². The minimum absolute atomic E-state index is 0.116. The molecule has 0 bridgehead atoms. The third-order valence-corrected chi connectivity index (χ3v) is 5.11. The minimum atomic E-state index is -1.04. The van der Waals surface area contributed by atoms with Gasteiger partial charge in [0.1, 0.15) is 6.04 Å². The molecule has 28 heavy (non-hydrogen) atoms. The quantitative estimate of drug-likeness (QED) is 0.808. The van der Waals surface area contributed by atoms with Crippen molar-refractivity contribution in [1.29, 1.82) is 0 Å². The first-order valence-corrected chi connectivity index (χ1v) is 8.90. The molecule has 0 spiro atoms. The van der Waals surface area contributed by atoms with Crippen LogP contribution in [0.5, 0.6) is 0 Å². The number of pyridine rings is 1. The molecule has 3 heterocycles. The number of imide groups is 1. The lowest BCUT2D eigenvalue weighted by atomic mass is 10.0. The van der Waals surface area contributed by atoms with Crippen LogP contribution < -0.4 is 0 Å². The highest BCUT2D eigenvalue weighted by Gasteiger charge is 2.38. The number of fused-ring (bicyclic) bond motifs is 1. The molecular weight excluding hydrogens is 362 g/mol. The number of likely N-dealkylation sites (tertiary alicyclic amines) is 1. The lowest BCUT2D eigenvalue weighted by molar-refractivity contribution is -0.141. The number of nitrogens with zero attached hydrogens (tertiary/aromatic N) is 3. The molecule has 1 N–H and O–H groups in total. The molecule has 1 atom stereocenters. The summed E-state index contributed by atoms with van der Waals surface area (Å²) >= 11 is 0. The summed E-state index contributed by atoms with van der Waals surface area (Å²) in [7, 11) is 0. The van der Waals surface area contributed by atoms with Crippen LogP contribution in [0.25, 0.3) is 0 Å². The summed E-state index contributed by atoms with van der Waals surface area (Å²) in [6, 6.07) is 6.90. The standard InChI is InChI=1S/C20H17N3O5/c24-17(22-9-1-2-16(22)20(27)28)13-3-4-14-15(10-13)19(26)23(18(14)25)11-12-5-7-21-8-6-12/h3-8,10,16H,1-2,9,11H2,(H,27,28)/t16-/m0/s1. The van der Waals surface area contributed by atoms with Crippen molar-refractivity contribution in [2.45, 2.75) is 25.4 Å². The number of carbonyl (C=O) groups excluding carboxylic acids is 3. The van der Waals surface area contributed by atoms with Gasteiger partial charge in [-0.25, -0.2) is 4.79 Å². The van der Waals surface area contributed by atoms with Crippen LogP contribution in [-0.4, -0.2) is 56.2 Å². The van der Waals surface area contributed by atoms with E-state index in [9.17, 15) is 24.3 Å². The Hall–Kier alpha value is -3.55. The number of aliphatic carboxylic acids is 1. The first kappa shape index (κ1) is 17.8. The van der Waals surface area contributed by atoms with Crippen LogP contribution in [-0.2, 0) is 11.3 Å². The van der Waals surface area contributed by atoms with Gasteiger partial charge < -0.3 is 10.0 Å². The van der Waals surface area contributed by atoms with Crippen molar-refractivity contribution < 1.29 is 24.3 Å². The summed E-state index contributed by atoms with van der Waals surface area (Å²) in [5.41, 5.74) is 1.38. The van der Waals surface area contributed by atoms with E-state index in [0.29, 0.717) is 19.4 Å². The fourth-order valence-corrected chi connectivity index (χ4v) is 3.67. The Bertz CT molecular complexity index is 989. The second-order valence-corrected chi connectivity index (χ2v) is 6.81. The van der Waals surface area contributed by atoms with Gasteiger partial charge in [0, 0.05) is 24.5 Å². The van der Waals surface area contributed by atoms with Crippen molar-refractivity contribution >= 4 is 23.7 Å². The molecule has 2 aliphatic heterocycles. The zero-order valence-electron chi connectivity index (χ0n) is 14.9. The highest BCUT2D eigenvalue weighted by Crippen LogP contribution is 2.27. The van der Waals surface area contributed by atoms with E-state index >= 15 is 0 Å². The topological polar surface area (TPSA) is 108 Å². The predicted octanol–water partition coefficient (Wildman–Crippen LogP) is 1.57. The Kier molecular flexibility index (Phi) is 4.38. The van der Waals surface area contributed by atoms with Crippen molar-refractivity contribution in [2.75, 3.05) is 6.54 Å². The monoisotopic (exact) mass is 379 g/mol. The van der Waals surface area contributed by atoms with Crippen LogP contribution in [0, 0.1) is 0 Å². The first-order valence-electron chi connectivity index (χ1n) is 8.90. The Morgan fingerprint density at radius 2 is 1.79 bits per heavy atom. The van der Waals surface area contributed by atoms with Gasteiger partial charge in [0.2, 0.25) is 0 Å². The second-order valence-electron chi connectivity index (χ2n) is 6.81. The summed E-state index contributed by atoms with van der Waals surface area (Å²) in [6.07, 6.45) is 4.19. The molecule has 142 valence electrons. The third kappa shape index (κ3) is 2.92. The number of carboxylic acids is 1. The average Bonchev–Trinajstić information content (AvgIpc) is 3.28. The van der Waals surface area contributed by atoms with Gasteiger partial charge in [-0.05, 0) is 48.7 Å². The molecule has 8 heteroatoms. The molecule has 0 radical (unpaired) electrons. The molecular formula is C20H17N3O5. The SMILES string of the molecule is O=C(O)[C@@H]1CCCN1C(=O)c1ccc2c(c1)C(=O)N(Cc1ccncc1)C2=O. The number of hydrogen-bond donors (Lipinski definition) is 1. The molecule has 0 unspecified atom stereocenters. The first-order chi connectivity index (χ1) is 13.5. The van der Waals surface area contributed by atoms with Crippen molar-refractivity contribution in [3.8, 4) is 0 Å². The zero-order valence-corrected chi connectivity index (χ0v) is 14.9. The maximum Gasteiger partial charge on any atom is 0.326 e. The van der Waals surface area contributed by atoms with Crippen molar-refractivity contribution in [3.05, 3.63) is 65.0 Å². The normalized spacial score (nSPS) is 18.5. The largest absolute Gasteiger partial charge is 0.480 e. The Morgan fingerprint density at radius 1 is 1.07 bits per heavy atom. The van der Waals surface area contributed by atoms with Gasteiger partial charge in [-0.2, -0.15) is 0 Å². The van der Waals surface area contributed by atoms with Crippen molar-refractivity contribution in [2.24, 2.45) is 0 Å². The fourth-order valence-electron chi connectivity index (χ4n) is 3.67. The molecule has 1 saturated heterocycles. The molecule has 0 aliphatic carbocycles. The number of amides is 3. The van der Waals surface area contributed by atoms with Gasteiger partial charge >= 0.3 is 5.97 Å². The second kappa shape index (κ2) is 6.88. The molecule has 8 nitrogen and oxygen atoms in total. The smallest absolute Gasteiger partial charge is 0.326 e. The van der Waals surface area contributed by atoms with Gasteiger partial charge in [-0.3, -0.25) is 24.3 Å². The maximum absolute atomic E-state index is 12.8. The highest BCUT2D eigenvalue weighted by atomic mass is 16.4. The number of carboxylic acid groups (broad SMARTS) is 1. The molecule has 2 aromatic rings. The van der Waals surface area contributed by atoms with E-state index < -0.39 is 29.7 Å². The molecule has 1 aromatic carbocycles. The van der Waals surface area contributed by atoms with E-state index in [1.54, 1.807) is 24.5 Å². The zero-order chi connectivity index (χ0) is 19.8. The minimum Gasteiger partial charge on any atom is -0.480 e. The van der Waals surface area contributed by atoms with Gasteiger partial charge in [0.25, 0.3) is 17.7 Å². The van der Waals surface area contributed by atoms with Crippen LogP contribution in [0.4, 0.5) is 0 Å². The van der Waals surface area contributed by atoms with Crippen LogP contribution >= 0.6 is 0 Å². The molecule has 0 saturated carbocycles. The molecule has 1 fully saturated rings. The number of aromatic nitrogens is 1. The van der Waals surface area contributed by atoms with Crippen LogP contribution in [0.3, 0.4) is 0 Å². The van der Waals surface area contributed by atoms with E-state index in [2.05, 4.69) is 4.98 Å². The summed E-state index contributed by atoms with van der Waals surface area (Å²) in [5, 5.41) is 9.28. The molecule has 3 amide bonds. The van der Waals surface area contributed by atoms with E-state index in [4.69, 9.17) is 0 Å². The Balaban J connectivity index is 1.60. The van der Waals surface area contributed by atoms with Gasteiger partial charge in [0.15, 0.2) is 0 Å². The lowest BCUT2D eigenvalue weighted by Gasteiger charge is -2.21. The molecule has 1 aromatic heterocycles. The highest BCUT2D eigenvalue weighted by molar-refractivity contribution is 6.22. The van der Waals surface area contributed by atoms with E-state index in [0.717, 1.165) is 10.5 Å². The van der Waals surface area contributed by atoms with Gasteiger partial charge in [0.05, 0.1) is 17.7 Å². The van der Waals surface area contributed by atoms with Crippen LogP contribution in [0.2, 0.25) is 0 Å². The number of rotatable bonds is 4. The summed E-state index contributed by atoms with van der Waals surface area (Å²) in [5.74, 6) is -2.37. The molecule has 2 aliphatic rings. The summed E-state index contributed by atoms with van der Waals surface area (Å²) in [6.45, 7) is 0.472. The fraction of sp³-hybridized carbons (Fsp3) is 0.250. The maximum atomic E-state index is 12.8. The van der Waals surface area contributed by atoms with Gasteiger partial charge in [-0.15, -0.1) is 0 Å². The number of carbonyl (C=O) groups is 4. The average molecular weight is 379 g/mol. The van der Waals surface area contributed by atoms with Crippen LogP contribution in [0.15, 0.2) is 42.7 Å². The summed E-state index contributed by atoms with van der Waals surface area (Å²) < 4.78 is 0. The van der Waals surface area contributed by atoms with Crippen molar-refractivity contribution in [3.63, 3.8) is 0 Å². The third-order valence-electron chi connectivity index (χ3n) is 5.11. The predicted molar refractivity (Wildman–Crippen MR) is 96.6 cm³/mol. The summed E-state index contributed by atoms with van der Waals surface area (Å²) in [4.78, 5) is 55.8. The number of hydrogen-bond acceptors (Lipinski definition) is 5.